The van der Waals surface area contributed by atoms with Crippen LogP contribution < -0.4 is 10.2 Å². The number of nitrogens with one attached hydrogen (secondary N) is 1. The molecule has 0 radical (unpaired) electrons. The number of fused-ring (bicyclic) bond motifs is 2. The van der Waals surface area contributed by atoms with Gasteiger partial charge in [-0.2, -0.15) is 9.97 Å². The van der Waals surface area contributed by atoms with E-state index in [0.717, 1.165) is 37.2 Å². The van der Waals surface area contributed by atoms with Crippen molar-refractivity contribution in [2.75, 3.05) is 38.0 Å². The van der Waals surface area contributed by atoms with Gasteiger partial charge in [0.15, 0.2) is 0 Å². The van der Waals surface area contributed by atoms with Crippen LogP contribution in [0.2, 0.25) is 0 Å². The zero-order valence-electron chi connectivity index (χ0n) is 25.1. The maximum absolute atomic E-state index is 13.9. The number of aromatic nitrogens is 6. The minimum absolute atomic E-state index is 0.0297. The van der Waals surface area contributed by atoms with Crippen molar-refractivity contribution in [3.63, 3.8) is 0 Å². The molecular formula is C31H36N10O4. The molecule has 2 fully saturated rings. The predicted molar refractivity (Wildman–Crippen MR) is 163 cm³/mol. The predicted octanol–water partition coefficient (Wildman–Crippen LogP) is 1.51. The second-order valence-electron chi connectivity index (χ2n) is 11.9. The molecule has 0 unspecified atom stereocenters. The van der Waals surface area contributed by atoms with Crippen LogP contribution in [0.4, 0.5) is 5.82 Å². The van der Waals surface area contributed by atoms with Gasteiger partial charge in [-0.05, 0) is 59.0 Å². The molecule has 2 N–H and O–H groups in total. The third kappa shape index (κ3) is 6.15. The standard InChI is InChI=1S/C31H36N10O4/c1-20(42)38-14-9-23(10-15-38)33-28-17-25(34-31(35-28)45-41-29-24(36-37-41)7-4-12-32-29)30(44)40-16-11-26(27(43)19-40)39-13-8-21-5-2-3-6-22(21)18-39/h2-7,12,17,23,26-27,43H,8-11,13-16,18-19H2,1H3,(H,33,34,35)/t26-,27-/m1/s1. The number of rotatable bonds is 6. The molecule has 1 aromatic carbocycles. The summed E-state index contributed by atoms with van der Waals surface area (Å²) in [6.45, 7) is 5.22. The number of aliphatic hydroxyl groups is 1. The lowest BCUT2D eigenvalue weighted by Gasteiger charge is -2.43. The van der Waals surface area contributed by atoms with E-state index in [-0.39, 0.29) is 42.1 Å². The molecule has 0 aliphatic carbocycles. The largest absolute Gasteiger partial charge is 0.390 e. The highest BCUT2D eigenvalue weighted by Crippen LogP contribution is 2.27. The summed E-state index contributed by atoms with van der Waals surface area (Å²) >= 11 is 0. The van der Waals surface area contributed by atoms with E-state index in [2.05, 4.69) is 59.7 Å². The van der Waals surface area contributed by atoms with Gasteiger partial charge < -0.3 is 25.1 Å². The van der Waals surface area contributed by atoms with Gasteiger partial charge in [-0.1, -0.05) is 24.3 Å². The van der Waals surface area contributed by atoms with Crippen LogP contribution in [0.15, 0.2) is 48.7 Å². The maximum Gasteiger partial charge on any atom is 0.348 e. The number of β-amino-alcohol motifs (C(OH)–C–C–N with tert-alkyl or cyclic N) is 1. The third-order valence-corrected chi connectivity index (χ3v) is 9.03. The summed E-state index contributed by atoms with van der Waals surface area (Å²) in [7, 11) is 0. The fraction of sp³-hybridized carbons (Fsp3) is 0.452. The second kappa shape index (κ2) is 12.4. The molecule has 45 heavy (non-hydrogen) atoms. The van der Waals surface area contributed by atoms with Gasteiger partial charge in [-0.3, -0.25) is 14.5 Å². The number of carbonyl (C=O) groups excluding carboxylic acids is 2. The van der Waals surface area contributed by atoms with E-state index < -0.39 is 6.10 Å². The Morgan fingerprint density at radius 3 is 2.58 bits per heavy atom. The number of benzene rings is 1. The zero-order chi connectivity index (χ0) is 30.9. The fourth-order valence-corrected chi connectivity index (χ4v) is 6.57. The zero-order valence-corrected chi connectivity index (χ0v) is 25.1. The Labute approximate surface area is 260 Å². The van der Waals surface area contributed by atoms with Gasteiger partial charge >= 0.3 is 6.01 Å². The average Bonchev–Trinajstić information content (AvgIpc) is 3.46. The number of anilines is 1. The quantitative estimate of drug-likeness (QED) is 0.326. The van der Waals surface area contributed by atoms with Crippen LogP contribution in [0.5, 0.6) is 6.01 Å². The van der Waals surface area contributed by atoms with E-state index >= 15 is 0 Å². The first-order valence-corrected chi connectivity index (χ1v) is 15.5. The first-order valence-electron chi connectivity index (χ1n) is 15.5. The molecule has 3 aromatic heterocycles. The van der Waals surface area contributed by atoms with Crippen LogP contribution in [0.1, 0.15) is 47.8 Å². The lowest BCUT2D eigenvalue weighted by atomic mass is 9.94. The lowest BCUT2D eigenvalue weighted by molar-refractivity contribution is -0.129. The van der Waals surface area contributed by atoms with Gasteiger partial charge in [0.05, 0.1) is 6.10 Å². The number of pyridine rings is 1. The molecular weight excluding hydrogens is 576 g/mol. The number of hydrogen-bond donors (Lipinski definition) is 2. The molecule has 234 valence electrons. The molecule has 0 saturated carbocycles. The lowest BCUT2D eigenvalue weighted by Crippen LogP contribution is -2.56. The number of carbonyl (C=O) groups is 2. The Kier molecular flexibility index (Phi) is 7.98. The first kappa shape index (κ1) is 29.0. The van der Waals surface area contributed by atoms with Crippen molar-refractivity contribution in [3.8, 4) is 6.01 Å². The molecule has 14 nitrogen and oxygen atoms in total. The average molecular weight is 613 g/mol. The molecule has 7 rings (SSSR count). The molecule has 4 aromatic rings. The Morgan fingerprint density at radius 2 is 1.78 bits per heavy atom. The number of hydrogen-bond acceptors (Lipinski definition) is 11. The summed E-state index contributed by atoms with van der Waals surface area (Å²) in [6.07, 6.45) is 3.99. The smallest absolute Gasteiger partial charge is 0.348 e. The Balaban J connectivity index is 1.09. The summed E-state index contributed by atoms with van der Waals surface area (Å²) in [5.74, 6) is 0.160. The van der Waals surface area contributed by atoms with Gasteiger partial charge in [0, 0.05) is 70.5 Å². The van der Waals surface area contributed by atoms with Crippen LogP contribution in [-0.2, 0) is 17.8 Å². The fourth-order valence-electron chi connectivity index (χ4n) is 6.57. The molecule has 14 heteroatoms. The van der Waals surface area contributed by atoms with E-state index in [1.807, 2.05) is 4.90 Å². The van der Waals surface area contributed by atoms with Gasteiger partial charge in [0.2, 0.25) is 11.6 Å². The number of aliphatic hydroxyl groups excluding tert-OH is 1. The first-order chi connectivity index (χ1) is 21.9. The van der Waals surface area contributed by atoms with Crippen LogP contribution in [0.3, 0.4) is 0 Å². The van der Waals surface area contributed by atoms with Crippen LogP contribution in [-0.4, -0.2) is 113 Å². The third-order valence-electron chi connectivity index (χ3n) is 9.03. The highest BCUT2D eigenvalue weighted by molar-refractivity contribution is 5.93. The van der Waals surface area contributed by atoms with Gasteiger partial charge in [0.25, 0.3) is 5.91 Å². The SMILES string of the molecule is CC(=O)N1CCC(Nc2cc(C(=O)N3CC[C@@H](N4CCc5ccccc5C4)[C@H](O)C3)nc(On3nnc4cccnc43)n2)CC1. The summed E-state index contributed by atoms with van der Waals surface area (Å²) < 4.78 is 0. The number of piperidine rings is 2. The maximum atomic E-state index is 13.9. The molecule has 0 bridgehead atoms. The molecule has 3 aliphatic heterocycles. The Bertz CT molecular complexity index is 1700. The van der Waals surface area contributed by atoms with Gasteiger partial charge in [-0.15, -0.1) is 5.10 Å². The van der Waals surface area contributed by atoms with Crippen molar-refractivity contribution in [2.45, 2.75) is 57.3 Å². The topological polar surface area (TPSA) is 155 Å². The molecule has 2 saturated heterocycles. The number of likely N-dealkylation sites (tertiary alicyclic amines) is 2. The Hall–Kier alpha value is -4.69. The van der Waals surface area contributed by atoms with E-state index in [0.29, 0.717) is 43.0 Å². The second-order valence-corrected chi connectivity index (χ2v) is 11.9. The molecule has 2 atom stereocenters. The van der Waals surface area contributed by atoms with Crippen LogP contribution >= 0.6 is 0 Å². The van der Waals surface area contributed by atoms with Gasteiger partial charge in [0.1, 0.15) is 17.0 Å². The Morgan fingerprint density at radius 1 is 0.978 bits per heavy atom. The van der Waals surface area contributed by atoms with Crippen molar-refractivity contribution < 1.29 is 19.5 Å². The molecule has 2 amide bonds. The minimum Gasteiger partial charge on any atom is -0.390 e. The van der Waals surface area contributed by atoms with Crippen LogP contribution in [0.25, 0.3) is 11.2 Å². The van der Waals surface area contributed by atoms with E-state index in [1.54, 1.807) is 36.2 Å². The molecule has 6 heterocycles. The van der Waals surface area contributed by atoms with E-state index in [4.69, 9.17) is 4.84 Å². The van der Waals surface area contributed by atoms with Crippen molar-refractivity contribution in [1.29, 1.82) is 0 Å². The summed E-state index contributed by atoms with van der Waals surface area (Å²) in [4.78, 5) is 51.7. The highest BCUT2D eigenvalue weighted by atomic mass is 16.7. The minimum atomic E-state index is -0.692. The highest BCUT2D eigenvalue weighted by Gasteiger charge is 2.36. The van der Waals surface area contributed by atoms with E-state index in [1.165, 1.54) is 11.1 Å². The summed E-state index contributed by atoms with van der Waals surface area (Å²) in [5.41, 5.74) is 3.72. The van der Waals surface area contributed by atoms with Crippen LogP contribution in [0, 0.1) is 0 Å². The van der Waals surface area contributed by atoms with Crippen molar-refractivity contribution in [3.05, 3.63) is 65.5 Å². The molecule has 3 aliphatic rings. The summed E-state index contributed by atoms with van der Waals surface area (Å²) in [5, 5.41) is 22.7. The number of amides is 2. The van der Waals surface area contributed by atoms with Crippen molar-refractivity contribution in [1.82, 2.24) is 44.8 Å². The number of nitrogens with zero attached hydrogens (tertiary/aromatic N) is 9. The summed E-state index contributed by atoms with van der Waals surface area (Å²) in [6, 6.07) is 13.5. The van der Waals surface area contributed by atoms with E-state index in [9.17, 15) is 14.7 Å². The molecule has 0 spiro atoms. The van der Waals surface area contributed by atoms with Crippen molar-refractivity contribution in [2.24, 2.45) is 0 Å². The van der Waals surface area contributed by atoms with Gasteiger partial charge in [-0.25, -0.2) is 4.98 Å². The normalized spacial score (nSPS) is 21.0. The van der Waals surface area contributed by atoms with Crippen molar-refractivity contribution >= 4 is 28.8 Å². The monoisotopic (exact) mass is 612 g/mol.